The molecule has 0 amide bonds. The fraction of sp³-hybridized carbons (Fsp3) is 0.300. The second-order valence-electron chi connectivity index (χ2n) is 2.98. The summed E-state index contributed by atoms with van der Waals surface area (Å²) in [6.07, 6.45) is 0. The van der Waals surface area contributed by atoms with Crippen molar-refractivity contribution in [3.05, 3.63) is 33.8 Å². The van der Waals surface area contributed by atoms with Gasteiger partial charge in [0.25, 0.3) is 0 Å². The third kappa shape index (κ3) is 2.56. The van der Waals surface area contributed by atoms with Gasteiger partial charge in [-0.2, -0.15) is 0 Å². The van der Waals surface area contributed by atoms with Crippen LogP contribution in [-0.4, -0.2) is 10.9 Å². The summed E-state index contributed by atoms with van der Waals surface area (Å²) in [5.41, 5.74) is 1.52. The number of benzene rings is 1. The van der Waals surface area contributed by atoms with Gasteiger partial charge in [0.2, 0.25) is 0 Å². The van der Waals surface area contributed by atoms with Crippen LogP contribution in [0.1, 0.15) is 23.4 Å². The molecule has 2 nitrogen and oxygen atoms in total. The van der Waals surface area contributed by atoms with Gasteiger partial charge in [0.15, 0.2) is 5.78 Å². The minimum atomic E-state index is -0.612. The standard InChI is InChI=1S/C10H10BrClO2/c1-6(14)10(12)7-2-3-8(5-13)9(11)4-7/h2-4,10,13H,5H2,1H3. The Morgan fingerprint density at radius 1 is 1.64 bits per heavy atom. The highest BCUT2D eigenvalue weighted by molar-refractivity contribution is 9.10. The van der Waals surface area contributed by atoms with Gasteiger partial charge in [-0.25, -0.2) is 0 Å². The first kappa shape index (κ1) is 11.7. The van der Waals surface area contributed by atoms with Crippen LogP contribution in [0.3, 0.4) is 0 Å². The average molecular weight is 278 g/mol. The molecule has 76 valence electrons. The zero-order valence-electron chi connectivity index (χ0n) is 7.63. The van der Waals surface area contributed by atoms with Crippen LogP contribution in [0, 0.1) is 0 Å². The number of ketones is 1. The topological polar surface area (TPSA) is 37.3 Å². The number of Topliss-reactive ketones (excluding diaryl/α,β-unsaturated/α-hetero) is 1. The van der Waals surface area contributed by atoms with Gasteiger partial charge in [-0.15, -0.1) is 11.6 Å². The molecule has 1 unspecified atom stereocenters. The SMILES string of the molecule is CC(=O)C(Cl)c1ccc(CO)c(Br)c1. The molecule has 4 heteroatoms. The van der Waals surface area contributed by atoms with Gasteiger partial charge in [-0.3, -0.25) is 4.79 Å². The fourth-order valence-corrected chi connectivity index (χ4v) is 1.74. The first-order valence-electron chi connectivity index (χ1n) is 4.10. The lowest BCUT2D eigenvalue weighted by molar-refractivity contribution is -0.116. The van der Waals surface area contributed by atoms with E-state index in [1.54, 1.807) is 18.2 Å². The van der Waals surface area contributed by atoms with E-state index in [9.17, 15) is 4.79 Å². The Balaban J connectivity index is 3.02. The molecular weight excluding hydrogens is 267 g/mol. The number of alkyl halides is 1. The summed E-state index contributed by atoms with van der Waals surface area (Å²) in [6, 6.07) is 5.25. The number of aliphatic hydroxyl groups excluding tert-OH is 1. The van der Waals surface area contributed by atoms with Crippen LogP contribution in [0.5, 0.6) is 0 Å². The summed E-state index contributed by atoms with van der Waals surface area (Å²) < 4.78 is 0.768. The van der Waals surface area contributed by atoms with Crippen molar-refractivity contribution < 1.29 is 9.90 Å². The van der Waals surface area contributed by atoms with E-state index in [1.807, 2.05) is 0 Å². The minimum Gasteiger partial charge on any atom is -0.392 e. The van der Waals surface area contributed by atoms with Gasteiger partial charge in [-0.05, 0) is 24.1 Å². The summed E-state index contributed by atoms with van der Waals surface area (Å²) in [5.74, 6) is -0.0877. The van der Waals surface area contributed by atoms with Crippen LogP contribution in [0.25, 0.3) is 0 Å². The van der Waals surface area contributed by atoms with Crippen molar-refractivity contribution in [2.24, 2.45) is 0 Å². The molecule has 1 N–H and O–H groups in total. The summed E-state index contributed by atoms with van der Waals surface area (Å²) in [4.78, 5) is 11.0. The van der Waals surface area contributed by atoms with Crippen LogP contribution in [-0.2, 0) is 11.4 Å². The maximum atomic E-state index is 11.0. The summed E-state index contributed by atoms with van der Waals surface area (Å²) in [6.45, 7) is 1.42. The van der Waals surface area contributed by atoms with E-state index in [0.29, 0.717) is 0 Å². The Hall–Kier alpha value is -0.380. The van der Waals surface area contributed by atoms with Crippen molar-refractivity contribution in [1.29, 1.82) is 0 Å². The predicted molar refractivity (Wildman–Crippen MR) is 59.3 cm³/mol. The lowest BCUT2D eigenvalue weighted by Gasteiger charge is -2.08. The van der Waals surface area contributed by atoms with Crippen molar-refractivity contribution in [2.75, 3.05) is 0 Å². The molecule has 0 saturated carbocycles. The number of carbonyl (C=O) groups is 1. The predicted octanol–water partition coefficient (Wildman–Crippen LogP) is 2.81. The largest absolute Gasteiger partial charge is 0.392 e. The molecule has 0 fully saturated rings. The Morgan fingerprint density at radius 3 is 2.71 bits per heavy atom. The van der Waals surface area contributed by atoms with Crippen molar-refractivity contribution in [3.63, 3.8) is 0 Å². The third-order valence-electron chi connectivity index (χ3n) is 1.90. The molecule has 0 bridgehead atoms. The van der Waals surface area contributed by atoms with E-state index in [1.165, 1.54) is 6.92 Å². The molecule has 0 heterocycles. The normalized spacial score (nSPS) is 12.6. The molecule has 1 aromatic carbocycles. The monoisotopic (exact) mass is 276 g/mol. The molecule has 0 aromatic heterocycles. The summed E-state index contributed by atoms with van der Waals surface area (Å²) in [5, 5.41) is 8.32. The third-order valence-corrected chi connectivity index (χ3v) is 3.19. The molecule has 0 spiro atoms. The quantitative estimate of drug-likeness (QED) is 0.863. The van der Waals surface area contributed by atoms with Crippen molar-refractivity contribution in [3.8, 4) is 0 Å². The van der Waals surface area contributed by atoms with E-state index in [-0.39, 0.29) is 12.4 Å². The van der Waals surface area contributed by atoms with E-state index < -0.39 is 5.38 Å². The summed E-state index contributed by atoms with van der Waals surface area (Å²) >= 11 is 9.17. The van der Waals surface area contributed by atoms with Gasteiger partial charge in [0.05, 0.1) is 6.61 Å². The number of carbonyl (C=O) groups excluding carboxylic acids is 1. The zero-order chi connectivity index (χ0) is 10.7. The maximum Gasteiger partial charge on any atom is 0.152 e. The smallest absolute Gasteiger partial charge is 0.152 e. The molecule has 1 atom stereocenters. The van der Waals surface area contributed by atoms with Gasteiger partial charge in [-0.1, -0.05) is 28.1 Å². The van der Waals surface area contributed by atoms with E-state index in [2.05, 4.69) is 15.9 Å². The highest BCUT2D eigenvalue weighted by Gasteiger charge is 2.13. The van der Waals surface area contributed by atoms with E-state index in [0.717, 1.165) is 15.6 Å². The average Bonchev–Trinajstić information content (AvgIpc) is 2.16. The minimum absolute atomic E-state index is 0.0338. The Morgan fingerprint density at radius 2 is 2.29 bits per heavy atom. The van der Waals surface area contributed by atoms with Crippen LogP contribution >= 0.6 is 27.5 Å². The van der Waals surface area contributed by atoms with Gasteiger partial charge in [0.1, 0.15) is 5.38 Å². The number of rotatable bonds is 3. The van der Waals surface area contributed by atoms with Crippen LogP contribution in [0.2, 0.25) is 0 Å². The fourth-order valence-electron chi connectivity index (χ4n) is 1.08. The van der Waals surface area contributed by atoms with Crippen molar-refractivity contribution in [2.45, 2.75) is 18.9 Å². The Labute approximate surface area is 96.0 Å². The molecule has 0 saturated heterocycles. The molecule has 0 aliphatic rings. The molecule has 0 aliphatic carbocycles. The highest BCUT2D eigenvalue weighted by Crippen LogP contribution is 2.26. The lowest BCUT2D eigenvalue weighted by Crippen LogP contribution is -2.02. The van der Waals surface area contributed by atoms with Crippen LogP contribution in [0.4, 0.5) is 0 Å². The molecule has 1 rings (SSSR count). The second-order valence-corrected chi connectivity index (χ2v) is 4.27. The summed E-state index contributed by atoms with van der Waals surface area (Å²) in [7, 11) is 0. The first-order valence-corrected chi connectivity index (χ1v) is 5.33. The number of hydrogen-bond donors (Lipinski definition) is 1. The molecular formula is C10H10BrClO2. The maximum absolute atomic E-state index is 11.0. The van der Waals surface area contributed by atoms with E-state index >= 15 is 0 Å². The van der Waals surface area contributed by atoms with E-state index in [4.69, 9.17) is 16.7 Å². The Bertz CT molecular complexity index is 352. The Kier molecular flexibility index (Phi) is 4.11. The second kappa shape index (κ2) is 4.91. The highest BCUT2D eigenvalue weighted by atomic mass is 79.9. The lowest BCUT2D eigenvalue weighted by atomic mass is 10.1. The van der Waals surface area contributed by atoms with Gasteiger partial charge >= 0.3 is 0 Å². The number of halogens is 2. The number of hydrogen-bond acceptors (Lipinski definition) is 2. The van der Waals surface area contributed by atoms with Crippen LogP contribution in [0.15, 0.2) is 22.7 Å². The van der Waals surface area contributed by atoms with Crippen molar-refractivity contribution >= 4 is 33.3 Å². The van der Waals surface area contributed by atoms with Gasteiger partial charge in [0, 0.05) is 4.47 Å². The number of aliphatic hydroxyl groups is 1. The first-order chi connectivity index (χ1) is 6.56. The zero-order valence-corrected chi connectivity index (χ0v) is 9.97. The molecule has 14 heavy (non-hydrogen) atoms. The van der Waals surface area contributed by atoms with Gasteiger partial charge < -0.3 is 5.11 Å². The van der Waals surface area contributed by atoms with Crippen molar-refractivity contribution in [1.82, 2.24) is 0 Å². The molecule has 0 aliphatic heterocycles. The molecule has 0 radical (unpaired) electrons. The van der Waals surface area contributed by atoms with Crippen LogP contribution < -0.4 is 0 Å². The molecule has 1 aromatic rings.